The van der Waals surface area contributed by atoms with E-state index in [4.69, 9.17) is 0 Å². The molecule has 2 aliphatic rings. The van der Waals surface area contributed by atoms with Gasteiger partial charge in [0.2, 0.25) is 23.5 Å². The summed E-state index contributed by atoms with van der Waals surface area (Å²) in [6, 6.07) is 2.98. The lowest BCUT2D eigenvalue weighted by Gasteiger charge is -2.37. The van der Waals surface area contributed by atoms with Gasteiger partial charge in [0, 0.05) is 25.4 Å². The number of ketones is 1. The minimum Gasteiger partial charge on any atom is -0.480 e. The monoisotopic (exact) mass is 747 g/mol. The van der Waals surface area contributed by atoms with E-state index in [-0.39, 0.29) is 42.8 Å². The highest BCUT2D eigenvalue weighted by molar-refractivity contribution is 6.38. The second-order valence-corrected chi connectivity index (χ2v) is 15.7. The normalized spacial score (nSPS) is 20.2. The fourth-order valence-corrected chi connectivity index (χ4v) is 7.33. The number of carboxylic acids is 1. The number of amides is 5. The predicted octanol–water partition coefficient (Wildman–Crippen LogP) is 2.06. The summed E-state index contributed by atoms with van der Waals surface area (Å²) in [6.45, 7) is 11.0. The van der Waals surface area contributed by atoms with Crippen LogP contribution < -0.4 is 21.3 Å². The van der Waals surface area contributed by atoms with Crippen LogP contribution in [0.25, 0.3) is 0 Å². The van der Waals surface area contributed by atoms with Gasteiger partial charge in [0.25, 0.3) is 11.8 Å². The Morgan fingerprint density at radius 3 is 2.22 bits per heavy atom. The summed E-state index contributed by atoms with van der Waals surface area (Å²) in [7, 11) is 0. The van der Waals surface area contributed by atoms with Crippen LogP contribution in [0, 0.1) is 23.2 Å². The molecule has 5 amide bonds. The van der Waals surface area contributed by atoms with Gasteiger partial charge in [-0.1, -0.05) is 84.7 Å². The van der Waals surface area contributed by atoms with Gasteiger partial charge in [-0.25, -0.2) is 9.78 Å². The van der Waals surface area contributed by atoms with Crippen molar-refractivity contribution in [1.82, 2.24) is 36.1 Å². The van der Waals surface area contributed by atoms with Crippen LogP contribution in [-0.4, -0.2) is 98.0 Å². The topological polar surface area (TPSA) is 217 Å². The first kappa shape index (κ1) is 41.5. The maximum Gasteiger partial charge on any atom is 0.326 e. The molecule has 0 spiro atoms. The van der Waals surface area contributed by atoms with E-state index in [1.807, 2.05) is 0 Å². The molecule has 5 N–H and O–H groups in total. The minimum absolute atomic E-state index is 0.0219. The van der Waals surface area contributed by atoms with Crippen molar-refractivity contribution in [2.75, 3.05) is 6.54 Å². The molecule has 7 atom stereocenters. The summed E-state index contributed by atoms with van der Waals surface area (Å²) in [5, 5.41) is 20.4. The molecular weight excluding hydrogens is 694 g/mol. The number of aliphatic carboxylic acids is 1. The zero-order chi connectivity index (χ0) is 39.7. The smallest absolute Gasteiger partial charge is 0.326 e. The van der Waals surface area contributed by atoms with Crippen LogP contribution in [0.5, 0.6) is 0 Å². The average Bonchev–Trinajstić information content (AvgIpc) is 3.73. The number of carbonyl (C=O) groups is 7. The molecule has 54 heavy (non-hydrogen) atoms. The Morgan fingerprint density at radius 1 is 0.926 bits per heavy atom. The quantitative estimate of drug-likeness (QED) is 0.158. The zero-order valence-corrected chi connectivity index (χ0v) is 31.8. The number of nitrogens with one attached hydrogen (secondary N) is 4. The molecule has 0 radical (unpaired) electrons. The van der Waals surface area contributed by atoms with E-state index >= 15 is 0 Å². The van der Waals surface area contributed by atoms with Crippen LogP contribution in [0.1, 0.15) is 89.7 Å². The van der Waals surface area contributed by atoms with Crippen LogP contribution in [0.15, 0.2) is 48.9 Å². The van der Waals surface area contributed by atoms with Crippen molar-refractivity contribution >= 4 is 41.3 Å². The third-order valence-corrected chi connectivity index (χ3v) is 10.2. The van der Waals surface area contributed by atoms with Crippen molar-refractivity contribution in [3.63, 3.8) is 0 Å². The number of aromatic nitrogens is 2. The van der Waals surface area contributed by atoms with Gasteiger partial charge in [-0.05, 0) is 48.0 Å². The van der Waals surface area contributed by atoms with E-state index in [9.17, 15) is 38.7 Å². The van der Waals surface area contributed by atoms with E-state index in [1.165, 1.54) is 23.5 Å². The molecule has 15 nitrogen and oxygen atoms in total. The molecule has 292 valence electrons. The van der Waals surface area contributed by atoms with Gasteiger partial charge in [0.1, 0.15) is 29.9 Å². The highest BCUT2D eigenvalue weighted by atomic mass is 16.4. The summed E-state index contributed by atoms with van der Waals surface area (Å²) < 4.78 is 0. The summed E-state index contributed by atoms with van der Waals surface area (Å²) in [6.07, 6.45) is 6.90. The first-order valence-electron chi connectivity index (χ1n) is 18.6. The predicted molar refractivity (Wildman–Crippen MR) is 197 cm³/mol. The number of fused-ring (bicyclic) bond motifs is 1. The number of carbonyl (C=O) groups excluding carboxylic acids is 6. The lowest BCUT2D eigenvalue weighted by Crippen LogP contribution is -2.62. The second kappa shape index (κ2) is 18.2. The van der Waals surface area contributed by atoms with Crippen LogP contribution in [0.4, 0.5) is 0 Å². The number of Topliss-reactive ketones (excluding diaryl/α,β-unsaturated/α-hetero) is 1. The lowest BCUT2D eigenvalue weighted by atomic mass is 9.85. The van der Waals surface area contributed by atoms with Gasteiger partial charge in [0.15, 0.2) is 0 Å². The van der Waals surface area contributed by atoms with Gasteiger partial charge < -0.3 is 31.3 Å². The van der Waals surface area contributed by atoms with Gasteiger partial charge in [-0.15, -0.1) is 0 Å². The minimum atomic E-state index is -1.37. The van der Waals surface area contributed by atoms with Crippen LogP contribution >= 0.6 is 0 Å². The maximum absolute atomic E-state index is 14.5. The highest BCUT2D eigenvalue weighted by Crippen LogP contribution is 2.43. The molecule has 4 rings (SSSR count). The molecule has 1 saturated heterocycles. The van der Waals surface area contributed by atoms with Crippen molar-refractivity contribution in [2.24, 2.45) is 23.2 Å². The van der Waals surface area contributed by atoms with E-state index < -0.39 is 76.9 Å². The third kappa shape index (κ3) is 10.3. The molecule has 0 bridgehead atoms. The van der Waals surface area contributed by atoms with Crippen molar-refractivity contribution in [3.05, 3.63) is 60.2 Å². The summed E-state index contributed by atoms with van der Waals surface area (Å²) in [5.74, 6) is -6.20. The molecule has 2 unspecified atom stereocenters. The van der Waals surface area contributed by atoms with E-state index in [1.54, 1.807) is 71.9 Å². The molecule has 1 aromatic heterocycles. The maximum atomic E-state index is 14.5. The molecule has 2 heterocycles. The van der Waals surface area contributed by atoms with Gasteiger partial charge >= 0.3 is 5.97 Å². The SMILES string of the molecule is CCCC(NC(=O)C1[C@H]2CCC[C@H]2CN1C(=O)[C@@H](NC(=O)[C@H](NC(=O)c1cnccn1)C(C)C)C(C)(C)C)C(=O)C(=O)N[C@@H](Cc1ccccc1)C(=O)O. The second-order valence-electron chi connectivity index (χ2n) is 15.7. The lowest BCUT2D eigenvalue weighted by molar-refractivity contribution is -0.147. The number of rotatable bonds is 16. The number of hydrogen-bond donors (Lipinski definition) is 5. The molecule has 2 aromatic rings. The number of likely N-dealkylation sites (tertiary alicyclic amines) is 1. The Balaban J connectivity index is 1.52. The fraction of sp³-hybridized carbons (Fsp3) is 0.564. The van der Waals surface area contributed by atoms with E-state index in [0.717, 1.165) is 12.8 Å². The zero-order valence-electron chi connectivity index (χ0n) is 31.8. The number of benzene rings is 1. The summed E-state index contributed by atoms with van der Waals surface area (Å²) >= 11 is 0. The molecule has 1 aromatic carbocycles. The fourth-order valence-electron chi connectivity index (χ4n) is 7.33. The summed E-state index contributed by atoms with van der Waals surface area (Å²) in [5.41, 5.74) is -0.131. The van der Waals surface area contributed by atoms with Crippen molar-refractivity contribution in [1.29, 1.82) is 0 Å². The van der Waals surface area contributed by atoms with Gasteiger partial charge in [0.05, 0.1) is 12.2 Å². The molecular formula is C39H53N7O8. The van der Waals surface area contributed by atoms with Crippen LogP contribution in [0.2, 0.25) is 0 Å². The Hall–Kier alpha value is -5.21. The van der Waals surface area contributed by atoms with Gasteiger partial charge in [-0.3, -0.25) is 33.8 Å². The molecule has 15 heteroatoms. The Morgan fingerprint density at radius 2 is 1.63 bits per heavy atom. The standard InChI is InChI=1S/C39H53N7O8/c1-7-12-26(31(47)36(51)43-27(38(53)54)19-23-13-9-8-10-14-23)42-35(50)30-25-16-11-15-24(25)21-46(30)37(52)32(39(4,5)6)45-34(49)29(22(2)3)44-33(48)28-20-40-17-18-41-28/h8-10,13-14,17-18,20,22,24-27,29-30,32H,7,11-12,15-16,19,21H2,1-6H3,(H,42,50)(H,43,51)(H,44,48)(H,45,49)(H,53,54)/t24-,25-,26?,27-,29+,30?,32+/m0/s1. The molecule has 1 aliphatic heterocycles. The van der Waals surface area contributed by atoms with Crippen molar-refractivity contribution < 1.29 is 38.7 Å². The van der Waals surface area contributed by atoms with E-state index in [2.05, 4.69) is 31.2 Å². The van der Waals surface area contributed by atoms with E-state index in [0.29, 0.717) is 18.4 Å². The largest absolute Gasteiger partial charge is 0.480 e. The molecule has 1 saturated carbocycles. The summed E-state index contributed by atoms with van der Waals surface area (Å²) in [4.78, 5) is 103. The number of hydrogen-bond acceptors (Lipinski definition) is 9. The molecule has 1 aliphatic carbocycles. The molecule has 2 fully saturated rings. The number of nitrogens with zero attached hydrogens (tertiary/aromatic N) is 3. The van der Waals surface area contributed by atoms with Crippen molar-refractivity contribution in [3.8, 4) is 0 Å². The first-order chi connectivity index (χ1) is 25.5. The average molecular weight is 748 g/mol. The van der Waals surface area contributed by atoms with Crippen LogP contribution in [-0.2, 0) is 35.2 Å². The number of carboxylic acid groups (broad SMARTS) is 1. The Kier molecular flexibility index (Phi) is 14.0. The third-order valence-electron chi connectivity index (χ3n) is 10.2. The van der Waals surface area contributed by atoms with Crippen LogP contribution in [0.3, 0.4) is 0 Å². The Labute approximate surface area is 315 Å². The van der Waals surface area contributed by atoms with Gasteiger partial charge in [-0.2, -0.15) is 0 Å². The highest BCUT2D eigenvalue weighted by Gasteiger charge is 2.52. The first-order valence-corrected chi connectivity index (χ1v) is 18.6. The van der Waals surface area contributed by atoms with Crippen molar-refractivity contribution in [2.45, 2.75) is 110 Å². The Bertz CT molecular complexity index is 1680.